The standard InChI is InChI=1S/C9H11BF2O/c1-2-3-13-9-7(11)4-6(10)5-8(9)12/h4-5H,2-3,10H2,1H3. The van der Waals surface area contributed by atoms with E-state index in [1.165, 1.54) is 12.1 Å². The molecule has 0 saturated carbocycles. The quantitative estimate of drug-likeness (QED) is 0.637. The minimum absolute atomic E-state index is 0.271. The van der Waals surface area contributed by atoms with Crippen LogP contribution in [-0.4, -0.2) is 14.5 Å². The largest absolute Gasteiger partial charge is 0.488 e. The van der Waals surface area contributed by atoms with Gasteiger partial charge in [-0.3, -0.25) is 0 Å². The Bertz CT molecular complexity index is 279. The molecule has 0 spiro atoms. The van der Waals surface area contributed by atoms with Crippen molar-refractivity contribution in [1.29, 1.82) is 0 Å². The minimum atomic E-state index is -0.633. The Kier molecular flexibility index (Phi) is 3.28. The van der Waals surface area contributed by atoms with Gasteiger partial charge in [-0.2, -0.15) is 0 Å². The molecular formula is C9H11BF2O. The average molecular weight is 184 g/mol. The third-order valence-corrected chi connectivity index (χ3v) is 1.59. The van der Waals surface area contributed by atoms with Crippen LogP contribution >= 0.6 is 0 Å². The van der Waals surface area contributed by atoms with Crippen LogP contribution in [0.4, 0.5) is 8.78 Å². The summed E-state index contributed by atoms with van der Waals surface area (Å²) in [5.41, 5.74) is 0.554. The average Bonchev–Trinajstić information content (AvgIpc) is 2.02. The van der Waals surface area contributed by atoms with Gasteiger partial charge in [-0.05, 0) is 18.6 Å². The van der Waals surface area contributed by atoms with Gasteiger partial charge < -0.3 is 4.74 Å². The second-order valence-corrected chi connectivity index (χ2v) is 2.91. The Morgan fingerprint density at radius 2 is 1.85 bits per heavy atom. The first-order valence-electron chi connectivity index (χ1n) is 4.23. The molecule has 0 aliphatic carbocycles. The maximum absolute atomic E-state index is 13.1. The van der Waals surface area contributed by atoms with E-state index in [1.807, 2.05) is 6.92 Å². The van der Waals surface area contributed by atoms with E-state index in [4.69, 9.17) is 4.74 Å². The summed E-state index contributed by atoms with van der Waals surface area (Å²) in [5, 5.41) is 0. The maximum atomic E-state index is 13.1. The highest BCUT2D eigenvalue weighted by molar-refractivity contribution is 6.32. The van der Waals surface area contributed by atoms with Crippen molar-refractivity contribution in [3.05, 3.63) is 23.8 Å². The first kappa shape index (κ1) is 10.0. The highest BCUT2D eigenvalue weighted by Gasteiger charge is 2.10. The van der Waals surface area contributed by atoms with Crippen LogP contribution in [0.25, 0.3) is 0 Å². The highest BCUT2D eigenvalue weighted by Crippen LogP contribution is 2.19. The molecule has 1 aromatic carbocycles. The van der Waals surface area contributed by atoms with Crippen molar-refractivity contribution in [2.45, 2.75) is 13.3 Å². The molecule has 0 aliphatic heterocycles. The van der Waals surface area contributed by atoms with E-state index in [9.17, 15) is 8.78 Å². The van der Waals surface area contributed by atoms with E-state index in [2.05, 4.69) is 0 Å². The van der Waals surface area contributed by atoms with Gasteiger partial charge in [0.15, 0.2) is 17.4 Å². The Morgan fingerprint density at radius 1 is 1.31 bits per heavy atom. The number of ether oxygens (including phenoxy) is 1. The fraction of sp³-hybridized carbons (Fsp3) is 0.333. The Hall–Kier alpha value is -1.06. The van der Waals surface area contributed by atoms with Crippen molar-refractivity contribution in [3.8, 4) is 5.75 Å². The van der Waals surface area contributed by atoms with Gasteiger partial charge in [-0.1, -0.05) is 12.4 Å². The van der Waals surface area contributed by atoms with Gasteiger partial charge in [0.25, 0.3) is 0 Å². The second-order valence-electron chi connectivity index (χ2n) is 2.91. The van der Waals surface area contributed by atoms with Crippen LogP contribution in [0.3, 0.4) is 0 Å². The molecular weight excluding hydrogens is 173 g/mol. The van der Waals surface area contributed by atoms with Crippen LogP contribution in [0.5, 0.6) is 5.75 Å². The number of halogens is 2. The van der Waals surface area contributed by atoms with Crippen LogP contribution in [0.15, 0.2) is 12.1 Å². The van der Waals surface area contributed by atoms with E-state index in [0.29, 0.717) is 12.1 Å². The fourth-order valence-corrected chi connectivity index (χ4v) is 1.03. The molecule has 70 valence electrons. The monoisotopic (exact) mass is 184 g/mol. The number of rotatable bonds is 3. The molecule has 13 heavy (non-hydrogen) atoms. The van der Waals surface area contributed by atoms with E-state index >= 15 is 0 Å². The smallest absolute Gasteiger partial charge is 0.190 e. The normalized spacial score (nSPS) is 10.1. The van der Waals surface area contributed by atoms with E-state index in [0.717, 1.165) is 6.42 Å². The number of hydrogen-bond acceptors (Lipinski definition) is 1. The van der Waals surface area contributed by atoms with Crippen LogP contribution in [-0.2, 0) is 0 Å². The van der Waals surface area contributed by atoms with Crippen molar-refractivity contribution in [3.63, 3.8) is 0 Å². The lowest BCUT2D eigenvalue weighted by atomic mass is 9.96. The predicted octanol–water partition coefficient (Wildman–Crippen LogP) is 1.01. The second kappa shape index (κ2) is 4.26. The van der Waals surface area contributed by atoms with Crippen molar-refractivity contribution in [2.24, 2.45) is 0 Å². The van der Waals surface area contributed by atoms with E-state index < -0.39 is 11.6 Å². The van der Waals surface area contributed by atoms with E-state index in [-0.39, 0.29) is 5.75 Å². The molecule has 0 saturated heterocycles. The van der Waals surface area contributed by atoms with Gasteiger partial charge in [0, 0.05) is 0 Å². The molecule has 0 bridgehead atoms. The minimum Gasteiger partial charge on any atom is -0.488 e. The zero-order chi connectivity index (χ0) is 9.84. The number of benzene rings is 1. The summed E-state index contributed by atoms with van der Waals surface area (Å²) in [6.07, 6.45) is 0.729. The third-order valence-electron chi connectivity index (χ3n) is 1.59. The van der Waals surface area contributed by atoms with Gasteiger partial charge in [0.05, 0.1) is 6.61 Å². The van der Waals surface area contributed by atoms with Crippen molar-refractivity contribution in [2.75, 3.05) is 6.61 Å². The summed E-state index contributed by atoms with van der Waals surface area (Å²) >= 11 is 0. The third kappa shape index (κ3) is 2.44. The maximum Gasteiger partial charge on any atom is 0.190 e. The summed E-state index contributed by atoms with van der Waals surface area (Å²) < 4.78 is 31.1. The molecule has 0 N–H and O–H groups in total. The lowest BCUT2D eigenvalue weighted by Crippen LogP contribution is -2.08. The summed E-state index contributed by atoms with van der Waals surface area (Å²) in [5.74, 6) is -1.54. The molecule has 0 fully saturated rings. The van der Waals surface area contributed by atoms with Crippen molar-refractivity contribution in [1.82, 2.24) is 0 Å². The van der Waals surface area contributed by atoms with Gasteiger partial charge in [0.2, 0.25) is 0 Å². The summed E-state index contributed by atoms with van der Waals surface area (Å²) in [6, 6.07) is 2.52. The van der Waals surface area contributed by atoms with Gasteiger partial charge in [-0.25, -0.2) is 8.78 Å². The first-order chi connectivity index (χ1) is 6.15. The molecule has 0 atom stereocenters. The van der Waals surface area contributed by atoms with Crippen LogP contribution in [0, 0.1) is 11.6 Å². The molecule has 0 heterocycles. The molecule has 0 amide bonds. The Labute approximate surface area is 77.1 Å². The Morgan fingerprint density at radius 3 is 2.31 bits per heavy atom. The highest BCUT2D eigenvalue weighted by atomic mass is 19.1. The molecule has 0 radical (unpaired) electrons. The SMILES string of the molecule is Bc1cc(F)c(OCCC)c(F)c1. The van der Waals surface area contributed by atoms with Crippen molar-refractivity contribution >= 4 is 13.3 Å². The summed E-state index contributed by atoms with van der Waals surface area (Å²) in [4.78, 5) is 0. The molecule has 0 aromatic heterocycles. The molecule has 0 aliphatic rings. The van der Waals surface area contributed by atoms with Gasteiger partial charge in [0.1, 0.15) is 7.85 Å². The first-order valence-corrected chi connectivity index (χ1v) is 4.23. The molecule has 1 aromatic rings. The molecule has 1 rings (SSSR count). The lowest BCUT2D eigenvalue weighted by Gasteiger charge is -2.07. The molecule has 4 heteroatoms. The predicted molar refractivity (Wildman–Crippen MR) is 50.3 cm³/mol. The lowest BCUT2D eigenvalue weighted by molar-refractivity contribution is 0.285. The summed E-state index contributed by atoms with van der Waals surface area (Å²) in [6.45, 7) is 2.21. The zero-order valence-electron chi connectivity index (χ0n) is 7.73. The van der Waals surface area contributed by atoms with Crippen LogP contribution < -0.4 is 10.2 Å². The van der Waals surface area contributed by atoms with Crippen LogP contribution in [0.2, 0.25) is 0 Å². The zero-order valence-corrected chi connectivity index (χ0v) is 7.73. The number of hydrogen-bond donors (Lipinski definition) is 0. The van der Waals surface area contributed by atoms with E-state index in [1.54, 1.807) is 7.85 Å². The van der Waals surface area contributed by atoms with Gasteiger partial charge >= 0.3 is 0 Å². The summed E-state index contributed by atoms with van der Waals surface area (Å²) in [7, 11) is 1.63. The Balaban J connectivity index is 2.92. The molecule has 1 nitrogen and oxygen atoms in total. The van der Waals surface area contributed by atoms with Crippen LogP contribution in [0.1, 0.15) is 13.3 Å². The topological polar surface area (TPSA) is 9.23 Å². The molecule has 0 unspecified atom stereocenters. The fourth-order valence-electron chi connectivity index (χ4n) is 1.03. The van der Waals surface area contributed by atoms with Crippen molar-refractivity contribution < 1.29 is 13.5 Å². The van der Waals surface area contributed by atoms with Gasteiger partial charge in [-0.15, -0.1) is 0 Å².